The molecule has 0 aromatic heterocycles. The monoisotopic (exact) mass is 307 g/mol. The maximum Gasteiger partial charge on any atom is 0.303 e. The van der Waals surface area contributed by atoms with Crippen molar-refractivity contribution >= 4 is 17.8 Å². The van der Waals surface area contributed by atoms with Gasteiger partial charge in [-0.25, -0.2) is 4.39 Å². The molecule has 0 unspecified atom stereocenters. The molecule has 1 rings (SSSR count). The van der Waals surface area contributed by atoms with Crippen molar-refractivity contribution < 1.29 is 38.1 Å². The predicted molar refractivity (Wildman–Crippen MR) is 65.6 cm³/mol. The number of carbonyl (C=O) groups excluding carboxylic acids is 3. The van der Waals surface area contributed by atoms with Gasteiger partial charge in [0.15, 0.2) is 18.5 Å². The van der Waals surface area contributed by atoms with Crippen LogP contribution >= 0.6 is 0 Å². The van der Waals surface area contributed by atoms with Gasteiger partial charge < -0.3 is 24.6 Å². The second kappa shape index (κ2) is 7.32. The van der Waals surface area contributed by atoms with Crippen molar-refractivity contribution in [1.82, 2.24) is 5.32 Å². The second-order valence-electron chi connectivity index (χ2n) is 4.59. The van der Waals surface area contributed by atoms with Crippen molar-refractivity contribution in [3.05, 3.63) is 0 Å². The molecule has 0 bridgehead atoms. The summed E-state index contributed by atoms with van der Waals surface area (Å²) in [4.78, 5) is 33.5. The van der Waals surface area contributed by atoms with Crippen LogP contribution in [0.4, 0.5) is 4.39 Å². The molecule has 5 atom stereocenters. The number of nitrogens with one attached hydrogen (secondary N) is 1. The first-order chi connectivity index (χ1) is 9.76. The largest absolute Gasteiger partial charge is 0.456 e. The molecule has 0 saturated carbocycles. The van der Waals surface area contributed by atoms with Crippen molar-refractivity contribution in [2.24, 2.45) is 0 Å². The standard InChI is InChI=1S/C12H18FNO7/c1-5(15)14-9-11(20-7(3)17)10(19-6(2)16)8(4-13)21-12(9)18/h8-12,18H,4H2,1-3H3,(H,14,15)/t8-,9-,10-,11-,12+/m1/s1. The normalized spacial score (nSPS) is 32.1. The van der Waals surface area contributed by atoms with E-state index in [4.69, 9.17) is 14.2 Å². The maximum atomic E-state index is 13.0. The smallest absolute Gasteiger partial charge is 0.303 e. The van der Waals surface area contributed by atoms with Crippen molar-refractivity contribution in [2.75, 3.05) is 6.67 Å². The van der Waals surface area contributed by atoms with E-state index in [9.17, 15) is 23.9 Å². The van der Waals surface area contributed by atoms with Gasteiger partial charge in [-0.05, 0) is 0 Å². The number of aliphatic hydroxyl groups excluding tert-OH is 1. The second-order valence-corrected chi connectivity index (χ2v) is 4.59. The number of esters is 2. The SMILES string of the molecule is CC(=O)N[C@@H]1[C@@H](OC(C)=O)[C@H](OC(C)=O)[C@@H](CF)O[C@@H]1O. The van der Waals surface area contributed by atoms with Gasteiger partial charge in [0.25, 0.3) is 0 Å². The molecular formula is C12H18FNO7. The van der Waals surface area contributed by atoms with E-state index < -0.39 is 55.2 Å². The van der Waals surface area contributed by atoms with Crippen molar-refractivity contribution in [2.45, 2.75) is 51.4 Å². The van der Waals surface area contributed by atoms with Crippen LogP contribution in [0.15, 0.2) is 0 Å². The summed E-state index contributed by atoms with van der Waals surface area (Å²) in [7, 11) is 0. The number of aliphatic hydroxyl groups is 1. The molecule has 120 valence electrons. The van der Waals surface area contributed by atoms with Crippen LogP contribution < -0.4 is 5.32 Å². The minimum absolute atomic E-state index is 0.528. The predicted octanol–water partition coefficient (Wildman–Crippen LogP) is -0.959. The minimum Gasteiger partial charge on any atom is -0.456 e. The number of amides is 1. The fourth-order valence-electron chi connectivity index (χ4n) is 2.10. The number of alkyl halides is 1. The Kier molecular flexibility index (Phi) is 6.03. The van der Waals surface area contributed by atoms with E-state index in [0.29, 0.717) is 0 Å². The van der Waals surface area contributed by atoms with Gasteiger partial charge >= 0.3 is 11.9 Å². The van der Waals surface area contributed by atoms with E-state index in [2.05, 4.69) is 5.32 Å². The van der Waals surface area contributed by atoms with Crippen LogP contribution in [0.2, 0.25) is 0 Å². The zero-order chi connectivity index (χ0) is 16.2. The summed E-state index contributed by atoms with van der Waals surface area (Å²) in [5.41, 5.74) is 0. The first-order valence-electron chi connectivity index (χ1n) is 6.27. The summed E-state index contributed by atoms with van der Waals surface area (Å²) in [6.07, 6.45) is -5.46. The van der Waals surface area contributed by atoms with Crippen LogP contribution in [-0.4, -0.2) is 60.3 Å². The molecule has 0 aliphatic carbocycles. The number of halogens is 1. The summed E-state index contributed by atoms with van der Waals surface area (Å²) in [5.74, 6) is -2.00. The van der Waals surface area contributed by atoms with E-state index in [-0.39, 0.29) is 0 Å². The lowest BCUT2D eigenvalue weighted by Gasteiger charge is -2.42. The molecule has 0 aromatic carbocycles. The van der Waals surface area contributed by atoms with Gasteiger partial charge in [0, 0.05) is 20.8 Å². The number of carbonyl (C=O) groups is 3. The first-order valence-corrected chi connectivity index (χ1v) is 6.27. The number of ether oxygens (including phenoxy) is 3. The Morgan fingerprint density at radius 3 is 2.10 bits per heavy atom. The Labute approximate surface area is 120 Å². The van der Waals surface area contributed by atoms with E-state index >= 15 is 0 Å². The Morgan fingerprint density at radius 2 is 1.67 bits per heavy atom. The van der Waals surface area contributed by atoms with Crippen molar-refractivity contribution in [3.8, 4) is 0 Å². The highest BCUT2D eigenvalue weighted by Crippen LogP contribution is 2.26. The number of rotatable bonds is 4. The van der Waals surface area contributed by atoms with Crippen LogP contribution in [0, 0.1) is 0 Å². The molecule has 0 radical (unpaired) electrons. The highest BCUT2D eigenvalue weighted by Gasteiger charge is 2.49. The van der Waals surface area contributed by atoms with Gasteiger partial charge in [-0.1, -0.05) is 0 Å². The van der Waals surface area contributed by atoms with E-state index in [1.165, 1.54) is 6.92 Å². The third-order valence-electron chi connectivity index (χ3n) is 2.79. The van der Waals surface area contributed by atoms with Crippen LogP contribution in [0.5, 0.6) is 0 Å². The van der Waals surface area contributed by atoms with E-state index in [1.807, 2.05) is 0 Å². The van der Waals surface area contributed by atoms with Crippen LogP contribution in [-0.2, 0) is 28.6 Å². The first kappa shape index (κ1) is 17.3. The third kappa shape index (κ3) is 4.64. The Balaban J connectivity index is 3.08. The van der Waals surface area contributed by atoms with Crippen LogP contribution in [0.25, 0.3) is 0 Å². The summed E-state index contributed by atoms with van der Waals surface area (Å²) < 4.78 is 27.9. The Morgan fingerprint density at radius 1 is 1.14 bits per heavy atom. The molecule has 1 aliphatic rings. The molecular weight excluding hydrogens is 289 g/mol. The molecule has 0 spiro atoms. The molecule has 9 heteroatoms. The lowest BCUT2D eigenvalue weighted by atomic mass is 9.96. The highest BCUT2D eigenvalue weighted by atomic mass is 19.1. The fourth-order valence-corrected chi connectivity index (χ4v) is 2.10. The zero-order valence-corrected chi connectivity index (χ0v) is 11.9. The van der Waals surface area contributed by atoms with Gasteiger partial charge in [-0.15, -0.1) is 0 Å². The highest BCUT2D eigenvalue weighted by molar-refractivity contribution is 5.73. The topological polar surface area (TPSA) is 111 Å². The van der Waals surface area contributed by atoms with E-state index in [1.54, 1.807) is 0 Å². The molecule has 0 aromatic rings. The lowest BCUT2D eigenvalue weighted by molar-refractivity contribution is -0.259. The van der Waals surface area contributed by atoms with E-state index in [0.717, 1.165) is 13.8 Å². The Hall–Kier alpha value is -1.74. The average molecular weight is 307 g/mol. The number of hydrogen-bond acceptors (Lipinski definition) is 7. The van der Waals surface area contributed by atoms with Crippen LogP contribution in [0.3, 0.4) is 0 Å². The average Bonchev–Trinajstić information content (AvgIpc) is 2.35. The van der Waals surface area contributed by atoms with Crippen molar-refractivity contribution in [3.63, 3.8) is 0 Å². The van der Waals surface area contributed by atoms with Gasteiger partial charge in [0.2, 0.25) is 5.91 Å². The molecule has 1 amide bonds. The summed E-state index contributed by atoms with van der Waals surface area (Å²) >= 11 is 0. The number of hydrogen-bond donors (Lipinski definition) is 2. The molecule has 1 heterocycles. The minimum atomic E-state index is -1.61. The Bertz CT molecular complexity index is 416. The van der Waals surface area contributed by atoms with Gasteiger partial charge in [0.05, 0.1) is 0 Å². The molecule has 1 saturated heterocycles. The van der Waals surface area contributed by atoms with Crippen LogP contribution in [0.1, 0.15) is 20.8 Å². The van der Waals surface area contributed by atoms with Gasteiger partial charge in [0.1, 0.15) is 18.8 Å². The lowest BCUT2D eigenvalue weighted by Crippen LogP contribution is -2.65. The van der Waals surface area contributed by atoms with Gasteiger partial charge in [-0.3, -0.25) is 14.4 Å². The summed E-state index contributed by atoms with van der Waals surface area (Å²) in [5, 5.41) is 12.1. The quantitative estimate of drug-likeness (QED) is 0.643. The zero-order valence-electron chi connectivity index (χ0n) is 11.9. The maximum absolute atomic E-state index is 13.0. The van der Waals surface area contributed by atoms with Gasteiger partial charge in [-0.2, -0.15) is 0 Å². The van der Waals surface area contributed by atoms with Crippen molar-refractivity contribution in [1.29, 1.82) is 0 Å². The fraction of sp³-hybridized carbons (Fsp3) is 0.750. The molecule has 1 fully saturated rings. The third-order valence-corrected chi connectivity index (χ3v) is 2.79. The summed E-state index contributed by atoms with van der Waals surface area (Å²) in [6, 6.07) is -1.18. The molecule has 21 heavy (non-hydrogen) atoms. The summed E-state index contributed by atoms with van der Waals surface area (Å²) in [6.45, 7) is 2.31. The molecule has 2 N–H and O–H groups in total. The molecule has 1 aliphatic heterocycles. The molecule has 8 nitrogen and oxygen atoms in total.